The first-order valence-corrected chi connectivity index (χ1v) is 7.03. The zero-order valence-electron chi connectivity index (χ0n) is 11.9. The molecule has 0 saturated carbocycles. The average Bonchev–Trinajstić information content (AvgIpc) is 2.48. The summed E-state index contributed by atoms with van der Waals surface area (Å²) < 4.78 is 0. The Bertz CT molecular complexity index is 541. The minimum absolute atomic E-state index is 0.0413. The summed E-state index contributed by atoms with van der Waals surface area (Å²) in [5.41, 5.74) is 0.428. The zero-order valence-corrected chi connectivity index (χ0v) is 11.9. The highest BCUT2D eigenvalue weighted by Gasteiger charge is 2.27. The van der Waals surface area contributed by atoms with Gasteiger partial charge >= 0.3 is 5.97 Å². The first kappa shape index (κ1) is 15.2. The number of anilines is 1. The summed E-state index contributed by atoms with van der Waals surface area (Å²) in [4.78, 5) is 23.8. The molecule has 1 aromatic carbocycles. The number of nitrogens with one attached hydrogen (secondary N) is 1. The lowest BCUT2D eigenvalue weighted by Gasteiger charge is -2.35. The van der Waals surface area contributed by atoms with Crippen LogP contribution >= 0.6 is 0 Å². The number of carbonyl (C=O) groups is 1. The summed E-state index contributed by atoms with van der Waals surface area (Å²) in [6, 6.07) is 4.16. The van der Waals surface area contributed by atoms with Crippen molar-refractivity contribution < 1.29 is 14.8 Å². The van der Waals surface area contributed by atoms with Crippen LogP contribution in [-0.4, -0.2) is 41.7 Å². The molecule has 0 unspecified atom stereocenters. The predicted molar refractivity (Wildman–Crippen MR) is 79.0 cm³/mol. The number of benzene rings is 1. The van der Waals surface area contributed by atoms with Crippen molar-refractivity contribution in [3.8, 4) is 0 Å². The minimum atomic E-state index is -1.08. The van der Waals surface area contributed by atoms with Gasteiger partial charge in [-0.25, -0.2) is 4.79 Å². The molecule has 0 aromatic heterocycles. The number of nitro benzene ring substituents is 1. The Hall–Kier alpha value is -2.15. The Morgan fingerprint density at radius 1 is 1.48 bits per heavy atom. The van der Waals surface area contributed by atoms with E-state index in [0.717, 1.165) is 25.9 Å². The maximum absolute atomic E-state index is 11.2. The van der Waals surface area contributed by atoms with E-state index in [1.54, 1.807) is 0 Å². The number of aromatic carboxylic acids is 1. The third kappa shape index (κ3) is 3.30. The minimum Gasteiger partial charge on any atom is -0.478 e. The SMILES string of the molecule is CCN(c1cc(C(=O)O)ccc1[N+](=O)[O-])C1CCNCC1. The quantitative estimate of drug-likeness (QED) is 0.635. The van der Waals surface area contributed by atoms with Gasteiger partial charge in [0.05, 0.1) is 10.5 Å². The van der Waals surface area contributed by atoms with Crippen LogP contribution in [0.15, 0.2) is 18.2 Å². The van der Waals surface area contributed by atoms with E-state index in [9.17, 15) is 14.9 Å². The van der Waals surface area contributed by atoms with E-state index in [-0.39, 0.29) is 17.3 Å². The lowest BCUT2D eigenvalue weighted by Crippen LogP contribution is -2.43. The van der Waals surface area contributed by atoms with Crippen LogP contribution < -0.4 is 10.2 Å². The molecule has 1 heterocycles. The first-order valence-electron chi connectivity index (χ1n) is 7.03. The van der Waals surface area contributed by atoms with Gasteiger partial charge in [0.15, 0.2) is 0 Å². The van der Waals surface area contributed by atoms with Gasteiger partial charge in [-0.05, 0) is 45.0 Å². The van der Waals surface area contributed by atoms with Gasteiger partial charge in [0, 0.05) is 18.7 Å². The van der Waals surface area contributed by atoms with Crippen molar-refractivity contribution in [3.05, 3.63) is 33.9 Å². The van der Waals surface area contributed by atoms with Gasteiger partial charge in [-0.1, -0.05) is 0 Å². The highest BCUT2D eigenvalue weighted by molar-refractivity contribution is 5.90. The molecule has 1 aromatic rings. The number of carboxylic acids is 1. The molecule has 7 nitrogen and oxygen atoms in total. The number of nitrogens with zero attached hydrogens (tertiary/aromatic N) is 2. The van der Waals surface area contributed by atoms with Crippen molar-refractivity contribution in [2.75, 3.05) is 24.5 Å². The van der Waals surface area contributed by atoms with Crippen LogP contribution in [-0.2, 0) is 0 Å². The number of piperidine rings is 1. The van der Waals surface area contributed by atoms with Crippen molar-refractivity contribution in [2.24, 2.45) is 0 Å². The van der Waals surface area contributed by atoms with Crippen LogP contribution in [0.3, 0.4) is 0 Å². The van der Waals surface area contributed by atoms with E-state index in [0.29, 0.717) is 12.2 Å². The third-order valence-corrected chi connectivity index (χ3v) is 3.82. The summed E-state index contributed by atoms with van der Waals surface area (Å²) >= 11 is 0. The smallest absolute Gasteiger partial charge is 0.335 e. The third-order valence-electron chi connectivity index (χ3n) is 3.82. The van der Waals surface area contributed by atoms with Gasteiger partial charge in [0.2, 0.25) is 0 Å². The largest absolute Gasteiger partial charge is 0.478 e. The van der Waals surface area contributed by atoms with Crippen molar-refractivity contribution in [1.82, 2.24) is 5.32 Å². The van der Waals surface area contributed by atoms with Gasteiger partial charge in [-0.3, -0.25) is 10.1 Å². The summed E-state index contributed by atoms with van der Waals surface area (Å²) in [7, 11) is 0. The van der Waals surface area contributed by atoms with Gasteiger partial charge < -0.3 is 15.3 Å². The van der Waals surface area contributed by atoms with E-state index in [1.165, 1.54) is 18.2 Å². The highest BCUT2D eigenvalue weighted by Crippen LogP contribution is 2.32. The first-order chi connectivity index (χ1) is 10.0. The molecule has 7 heteroatoms. The van der Waals surface area contributed by atoms with Crippen LogP contribution in [0.2, 0.25) is 0 Å². The molecular weight excluding hydrogens is 274 g/mol. The molecule has 0 atom stereocenters. The molecule has 2 N–H and O–H groups in total. The second-order valence-corrected chi connectivity index (χ2v) is 5.03. The molecule has 1 saturated heterocycles. The van der Waals surface area contributed by atoms with Gasteiger partial charge in [-0.2, -0.15) is 0 Å². The number of nitro groups is 1. The van der Waals surface area contributed by atoms with Crippen LogP contribution in [0, 0.1) is 10.1 Å². The van der Waals surface area contributed by atoms with Gasteiger partial charge in [-0.15, -0.1) is 0 Å². The van der Waals surface area contributed by atoms with E-state index < -0.39 is 10.9 Å². The normalized spacial score (nSPS) is 15.7. The lowest BCUT2D eigenvalue weighted by molar-refractivity contribution is -0.384. The molecule has 2 rings (SSSR count). The monoisotopic (exact) mass is 293 g/mol. The van der Waals surface area contributed by atoms with Crippen LogP contribution in [0.4, 0.5) is 11.4 Å². The Kier molecular flexibility index (Phi) is 4.74. The maximum Gasteiger partial charge on any atom is 0.335 e. The molecule has 0 amide bonds. The van der Waals surface area contributed by atoms with Crippen LogP contribution in [0.25, 0.3) is 0 Å². The predicted octanol–water partition coefficient (Wildman–Crippen LogP) is 1.87. The maximum atomic E-state index is 11.2. The number of hydrogen-bond acceptors (Lipinski definition) is 5. The molecule has 0 aliphatic carbocycles. The fourth-order valence-electron chi connectivity index (χ4n) is 2.78. The van der Waals surface area contributed by atoms with Crippen molar-refractivity contribution >= 4 is 17.3 Å². The molecular formula is C14H19N3O4. The Labute approximate surface area is 122 Å². The summed E-state index contributed by atoms with van der Waals surface area (Å²) in [5.74, 6) is -1.08. The zero-order chi connectivity index (χ0) is 15.4. The van der Waals surface area contributed by atoms with Gasteiger partial charge in [0.25, 0.3) is 5.69 Å². The Morgan fingerprint density at radius 2 is 2.14 bits per heavy atom. The lowest BCUT2D eigenvalue weighted by atomic mass is 10.0. The molecule has 0 spiro atoms. The van der Waals surface area contributed by atoms with E-state index in [4.69, 9.17) is 5.11 Å². The molecule has 1 aliphatic heterocycles. The van der Waals surface area contributed by atoms with Crippen molar-refractivity contribution in [3.63, 3.8) is 0 Å². The summed E-state index contributed by atoms with van der Waals surface area (Å²) in [6.45, 7) is 4.27. The Balaban J connectivity index is 2.43. The fourth-order valence-corrected chi connectivity index (χ4v) is 2.78. The molecule has 0 radical (unpaired) electrons. The van der Waals surface area contributed by atoms with Crippen LogP contribution in [0.1, 0.15) is 30.1 Å². The van der Waals surface area contributed by atoms with E-state index in [1.807, 2.05) is 11.8 Å². The molecule has 0 bridgehead atoms. The number of hydrogen-bond donors (Lipinski definition) is 2. The van der Waals surface area contributed by atoms with E-state index in [2.05, 4.69) is 5.32 Å². The van der Waals surface area contributed by atoms with Crippen molar-refractivity contribution in [1.29, 1.82) is 0 Å². The van der Waals surface area contributed by atoms with E-state index >= 15 is 0 Å². The fraction of sp³-hybridized carbons (Fsp3) is 0.500. The Morgan fingerprint density at radius 3 is 2.67 bits per heavy atom. The van der Waals surface area contributed by atoms with Crippen LogP contribution in [0.5, 0.6) is 0 Å². The molecule has 114 valence electrons. The van der Waals surface area contributed by atoms with Gasteiger partial charge in [0.1, 0.15) is 5.69 Å². The number of carboxylic acid groups (broad SMARTS) is 1. The standard InChI is InChI=1S/C14H19N3O4/c1-2-16(11-5-7-15-8-6-11)13-9-10(14(18)19)3-4-12(13)17(20)21/h3-4,9,11,15H,2,5-8H2,1H3,(H,18,19). The van der Waals surface area contributed by atoms with Crippen molar-refractivity contribution in [2.45, 2.75) is 25.8 Å². The molecule has 21 heavy (non-hydrogen) atoms. The second-order valence-electron chi connectivity index (χ2n) is 5.03. The summed E-state index contributed by atoms with van der Waals surface area (Å²) in [5, 5.41) is 23.6. The molecule has 1 fully saturated rings. The molecule has 1 aliphatic rings. The number of rotatable bonds is 5. The summed E-state index contributed by atoms with van der Waals surface area (Å²) in [6.07, 6.45) is 1.78. The second kappa shape index (κ2) is 6.53. The highest BCUT2D eigenvalue weighted by atomic mass is 16.6. The average molecular weight is 293 g/mol. The topological polar surface area (TPSA) is 95.7 Å².